The molecule has 0 saturated heterocycles. The van der Waals surface area contributed by atoms with E-state index < -0.39 is 10.8 Å². The van der Waals surface area contributed by atoms with E-state index in [1.54, 1.807) is 13.8 Å². The van der Waals surface area contributed by atoms with Gasteiger partial charge in [0.2, 0.25) is 17.5 Å². The van der Waals surface area contributed by atoms with Gasteiger partial charge in [0.1, 0.15) is 6.33 Å². The molecule has 0 aliphatic rings. The van der Waals surface area contributed by atoms with Gasteiger partial charge in [0.05, 0.1) is 11.5 Å². The Kier molecular flexibility index (Phi) is 4.98. The van der Waals surface area contributed by atoms with Crippen molar-refractivity contribution in [3.8, 4) is 0 Å². The second-order valence-electron chi connectivity index (χ2n) is 3.66. The van der Waals surface area contributed by atoms with E-state index in [0.29, 0.717) is 13.1 Å². The van der Waals surface area contributed by atoms with Crippen LogP contribution in [0.1, 0.15) is 13.8 Å². The highest BCUT2D eigenvalue weighted by atomic mass is 16.6. The summed E-state index contributed by atoms with van der Waals surface area (Å²) in [6, 6.07) is 0. The van der Waals surface area contributed by atoms with Crippen LogP contribution in [-0.2, 0) is 4.79 Å². The largest absolute Gasteiger partial charge is 0.368 e. The van der Waals surface area contributed by atoms with E-state index in [9.17, 15) is 14.9 Å². The van der Waals surface area contributed by atoms with E-state index in [-0.39, 0.29) is 23.9 Å². The van der Waals surface area contributed by atoms with Gasteiger partial charge in [-0.2, -0.15) is 0 Å². The predicted molar refractivity (Wildman–Crippen MR) is 69.9 cm³/mol. The van der Waals surface area contributed by atoms with Gasteiger partial charge in [0.25, 0.3) is 0 Å². The monoisotopic (exact) mass is 268 g/mol. The molecule has 0 spiro atoms. The zero-order valence-electron chi connectivity index (χ0n) is 10.8. The Labute approximate surface area is 110 Å². The summed E-state index contributed by atoms with van der Waals surface area (Å²) >= 11 is 0. The number of nitrogens with two attached hydrogens (primary N) is 1. The summed E-state index contributed by atoms with van der Waals surface area (Å²) < 4.78 is 0. The SMILES string of the molecule is CCNc1ncnc(N(CC)CC(N)=O)c1[N+](=O)[O-]. The van der Waals surface area contributed by atoms with Gasteiger partial charge in [-0.1, -0.05) is 0 Å². The van der Waals surface area contributed by atoms with Gasteiger partial charge in [-0.3, -0.25) is 14.9 Å². The molecule has 9 nitrogen and oxygen atoms in total. The van der Waals surface area contributed by atoms with Crippen molar-refractivity contribution in [2.45, 2.75) is 13.8 Å². The Hall–Kier alpha value is -2.45. The molecule has 19 heavy (non-hydrogen) atoms. The third kappa shape index (κ3) is 3.50. The minimum atomic E-state index is -0.584. The van der Waals surface area contributed by atoms with Crippen molar-refractivity contribution in [1.29, 1.82) is 0 Å². The lowest BCUT2D eigenvalue weighted by molar-refractivity contribution is -0.383. The van der Waals surface area contributed by atoms with Gasteiger partial charge in [-0.05, 0) is 13.8 Å². The number of carbonyl (C=O) groups is 1. The smallest absolute Gasteiger partial charge is 0.353 e. The number of nitrogens with one attached hydrogen (secondary N) is 1. The van der Waals surface area contributed by atoms with Crippen molar-refractivity contribution < 1.29 is 9.72 Å². The average molecular weight is 268 g/mol. The second-order valence-corrected chi connectivity index (χ2v) is 3.66. The zero-order chi connectivity index (χ0) is 14.4. The number of anilines is 2. The Balaban J connectivity index is 3.28. The minimum Gasteiger partial charge on any atom is -0.368 e. The van der Waals surface area contributed by atoms with Crippen LogP contribution in [0.4, 0.5) is 17.3 Å². The molecule has 1 amide bonds. The molecule has 0 bridgehead atoms. The lowest BCUT2D eigenvalue weighted by Crippen LogP contribution is -2.34. The number of hydrogen-bond acceptors (Lipinski definition) is 7. The fourth-order valence-electron chi connectivity index (χ4n) is 1.59. The van der Waals surface area contributed by atoms with E-state index >= 15 is 0 Å². The third-order valence-electron chi connectivity index (χ3n) is 2.36. The standard InChI is InChI=1S/C10H16N6O3/c1-3-12-9-8(16(18)19)10(14-6-13-9)15(4-2)5-7(11)17/h6H,3-5H2,1-2H3,(H2,11,17)(H,12,13,14). The first kappa shape index (κ1) is 14.6. The normalized spacial score (nSPS) is 10.0. The molecule has 1 heterocycles. The maximum Gasteiger partial charge on any atom is 0.353 e. The Bertz CT molecular complexity index is 478. The van der Waals surface area contributed by atoms with Crippen molar-refractivity contribution >= 4 is 23.2 Å². The highest BCUT2D eigenvalue weighted by Crippen LogP contribution is 2.31. The van der Waals surface area contributed by atoms with E-state index in [1.807, 2.05) is 0 Å². The van der Waals surface area contributed by atoms with E-state index in [4.69, 9.17) is 5.73 Å². The topological polar surface area (TPSA) is 127 Å². The maximum absolute atomic E-state index is 11.2. The lowest BCUT2D eigenvalue weighted by atomic mass is 10.3. The van der Waals surface area contributed by atoms with Gasteiger partial charge in [0.15, 0.2) is 0 Å². The van der Waals surface area contributed by atoms with Crippen LogP contribution >= 0.6 is 0 Å². The van der Waals surface area contributed by atoms with E-state index in [0.717, 1.165) is 0 Å². The van der Waals surface area contributed by atoms with Crippen LogP contribution in [0.25, 0.3) is 0 Å². The summed E-state index contributed by atoms with van der Waals surface area (Å²) in [5, 5.41) is 14.0. The molecular weight excluding hydrogens is 252 g/mol. The van der Waals surface area contributed by atoms with Gasteiger partial charge >= 0.3 is 5.69 Å². The number of hydrogen-bond donors (Lipinski definition) is 2. The van der Waals surface area contributed by atoms with Crippen LogP contribution < -0.4 is 16.0 Å². The molecule has 0 unspecified atom stereocenters. The fourth-order valence-corrected chi connectivity index (χ4v) is 1.59. The highest BCUT2D eigenvalue weighted by molar-refractivity contribution is 5.81. The molecule has 0 atom stereocenters. The molecular formula is C10H16N6O3. The van der Waals surface area contributed by atoms with Crippen LogP contribution in [0.15, 0.2) is 6.33 Å². The number of primary amides is 1. The average Bonchev–Trinajstić information content (AvgIpc) is 2.35. The molecule has 0 fully saturated rings. The Morgan fingerprint density at radius 3 is 2.68 bits per heavy atom. The molecule has 0 aliphatic carbocycles. The van der Waals surface area contributed by atoms with Gasteiger partial charge < -0.3 is 16.0 Å². The summed E-state index contributed by atoms with van der Waals surface area (Å²) in [6.07, 6.45) is 1.21. The molecule has 3 N–H and O–H groups in total. The van der Waals surface area contributed by atoms with Crippen LogP contribution in [0.3, 0.4) is 0 Å². The van der Waals surface area contributed by atoms with Gasteiger partial charge in [-0.15, -0.1) is 0 Å². The van der Waals surface area contributed by atoms with Crippen LogP contribution in [0, 0.1) is 10.1 Å². The summed E-state index contributed by atoms with van der Waals surface area (Å²) in [4.78, 5) is 30.7. The minimum absolute atomic E-state index is 0.0808. The second kappa shape index (κ2) is 6.47. The molecule has 104 valence electrons. The van der Waals surface area contributed by atoms with Crippen LogP contribution in [0.5, 0.6) is 0 Å². The Morgan fingerprint density at radius 2 is 2.21 bits per heavy atom. The third-order valence-corrected chi connectivity index (χ3v) is 2.36. The first-order chi connectivity index (χ1) is 9.01. The lowest BCUT2D eigenvalue weighted by Gasteiger charge is -2.20. The molecule has 0 aromatic carbocycles. The number of aromatic nitrogens is 2. The summed E-state index contributed by atoms with van der Waals surface area (Å²) in [5.41, 5.74) is 4.86. The number of nitro groups is 1. The van der Waals surface area contributed by atoms with E-state index in [1.165, 1.54) is 11.2 Å². The van der Waals surface area contributed by atoms with Crippen LogP contribution in [-0.4, -0.2) is 40.4 Å². The fraction of sp³-hybridized carbons (Fsp3) is 0.500. The molecule has 1 rings (SSSR count). The van der Waals surface area contributed by atoms with Crippen molar-refractivity contribution in [3.05, 3.63) is 16.4 Å². The summed E-state index contributed by atoms with van der Waals surface area (Å²) in [5.74, 6) is -0.377. The number of nitrogens with zero attached hydrogens (tertiary/aromatic N) is 4. The molecule has 9 heteroatoms. The number of likely N-dealkylation sites (N-methyl/N-ethyl adjacent to an activating group) is 1. The van der Waals surface area contributed by atoms with Crippen LogP contribution in [0.2, 0.25) is 0 Å². The highest BCUT2D eigenvalue weighted by Gasteiger charge is 2.26. The summed E-state index contributed by atoms with van der Waals surface area (Å²) in [6.45, 7) is 4.26. The quantitative estimate of drug-likeness (QED) is 0.531. The number of carbonyl (C=O) groups excluding carboxylic acids is 1. The number of amides is 1. The van der Waals surface area contributed by atoms with E-state index in [2.05, 4.69) is 15.3 Å². The molecule has 0 saturated carbocycles. The zero-order valence-corrected chi connectivity index (χ0v) is 10.8. The summed E-state index contributed by atoms with van der Waals surface area (Å²) in [7, 11) is 0. The first-order valence-corrected chi connectivity index (χ1v) is 5.77. The van der Waals surface area contributed by atoms with Crippen molar-refractivity contribution in [3.63, 3.8) is 0 Å². The molecule has 1 aromatic rings. The van der Waals surface area contributed by atoms with Gasteiger partial charge in [-0.25, -0.2) is 9.97 Å². The van der Waals surface area contributed by atoms with Crippen molar-refractivity contribution in [2.75, 3.05) is 29.9 Å². The molecule has 0 aliphatic heterocycles. The maximum atomic E-state index is 11.2. The number of rotatable bonds is 7. The van der Waals surface area contributed by atoms with Gasteiger partial charge in [0, 0.05) is 13.1 Å². The first-order valence-electron chi connectivity index (χ1n) is 5.77. The van der Waals surface area contributed by atoms with Crippen molar-refractivity contribution in [2.24, 2.45) is 5.73 Å². The molecule has 0 radical (unpaired) electrons. The van der Waals surface area contributed by atoms with Crippen molar-refractivity contribution in [1.82, 2.24) is 9.97 Å². The Morgan fingerprint density at radius 1 is 1.53 bits per heavy atom. The predicted octanol–water partition coefficient (Wildman–Crippen LogP) is 0.128. The molecule has 1 aromatic heterocycles.